The van der Waals surface area contributed by atoms with Gasteiger partial charge in [0.05, 0.1) is 18.8 Å². The molecule has 7 nitrogen and oxygen atoms in total. The van der Waals surface area contributed by atoms with E-state index in [2.05, 4.69) is 27.8 Å². The van der Waals surface area contributed by atoms with Crippen molar-refractivity contribution in [2.75, 3.05) is 44.2 Å². The largest absolute Gasteiger partial charge is 0.350 e. The molecule has 0 N–H and O–H groups in total. The molecule has 5 heterocycles. The number of likely N-dealkylation sites (tertiary alicyclic amines) is 2. The molecule has 0 saturated carbocycles. The van der Waals surface area contributed by atoms with Crippen LogP contribution in [0.25, 0.3) is 0 Å². The van der Waals surface area contributed by atoms with Crippen molar-refractivity contribution in [1.82, 2.24) is 24.8 Å². The summed E-state index contributed by atoms with van der Waals surface area (Å²) in [5, 5.41) is 0. The third-order valence-corrected chi connectivity index (χ3v) is 7.21. The number of piperidine rings is 1. The molecular weight excluding hydrogens is 400 g/mol. The van der Waals surface area contributed by atoms with Crippen LogP contribution in [0, 0.1) is 6.92 Å². The first kappa shape index (κ1) is 21.3. The molecule has 0 bridgehead atoms. The molecular formula is C25H34N6O. The molecule has 7 heteroatoms. The minimum Gasteiger partial charge on any atom is -0.350 e. The van der Waals surface area contributed by atoms with E-state index in [1.54, 1.807) is 0 Å². The SMILES string of the molecule is Cc1nc(C2CCN(C(=O)CN3CCCC3)CC2)nc2c1CCCN2Cc1ccccn1. The number of carbonyl (C=O) groups excluding carboxylic acids is 1. The quantitative estimate of drug-likeness (QED) is 0.721. The van der Waals surface area contributed by atoms with Crippen molar-refractivity contribution in [2.24, 2.45) is 0 Å². The number of aromatic nitrogens is 3. The predicted molar refractivity (Wildman–Crippen MR) is 125 cm³/mol. The topological polar surface area (TPSA) is 65.5 Å². The number of nitrogens with zero attached hydrogens (tertiary/aromatic N) is 6. The minimum atomic E-state index is 0.287. The first-order chi connectivity index (χ1) is 15.7. The smallest absolute Gasteiger partial charge is 0.236 e. The second kappa shape index (κ2) is 9.53. The van der Waals surface area contributed by atoms with Gasteiger partial charge in [0.1, 0.15) is 11.6 Å². The predicted octanol–water partition coefficient (Wildman–Crippen LogP) is 2.93. The van der Waals surface area contributed by atoms with E-state index in [4.69, 9.17) is 9.97 Å². The monoisotopic (exact) mass is 434 g/mol. The Morgan fingerprint density at radius 2 is 1.84 bits per heavy atom. The second-order valence-corrected chi connectivity index (χ2v) is 9.45. The Bertz CT molecular complexity index is 935. The van der Waals surface area contributed by atoms with Gasteiger partial charge in [0.15, 0.2) is 0 Å². The van der Waals surface area contributed by atoms with Gasteiger partial charge >= 0.3 is 0 Å². The average molecular weight is 435 g/mol. The molecule has 0 aliphatic carbocycles. The van der Waals surface area contributed by atoms with Gasteiger partial charge in [-0.3, -0.25) is 14.7 Å². The summed E-state index contributed by atoms with van der Waals surface area (Å²) in [6.45, 7) is 8.27. The second-order valence-electron chi connectivity index (χ2n) is 9.45. The third kappa shape index (κ3) is 4.63. The van der Waals surface area contributed by atoms with E-state index in [0.717, 1.165) is 88.0 Å². The molecule has 32 heavy (non-hydrogen) atoms. The van der Waals surface area contributed by atoms with Gasteiger partial charge in [-0.05, 0) is 70.7 Å². The summed E-state index contributed by atoms with van der Waals surface area (Å²) in [5.74, 6) is 2.67. The molecule has 0 unspecified atom stereocenters. The Morgan fingerprint density at radius 3 is 2.59 bits per heavy atom. The lowest BCUT2D eigenvalue weighted by atomic mass is 9.95. The van der Waals surface area contributed by atoms with Gasteiger partial charge in [0.25, 0.3) is 0 Å². The summed E-state index contributed by atoms with van der Waals surface area (Å²) >= 11 is 0. The van der Waals surface area contributed by atoms with Crippen molar-refractivity contribution in [1.29, 1.82) is 0 Å². The zero-order valence-corrected chi connectivity index (χ0v) is 19.2. The van der Waals surface area contributed by atoms with Gasteiger partial charge in [0.2, 0.25) is 5.91 Å². The number of hydrogen-bond acceptors (Lipinski definition) is 6. The highest BCUT2D eigenvalue weighted by Gasteiger charge is 2.29. The summed E-state index contributed by atoms with van der Waals surface area (Å²) in [5.41, 5.74) is 3.47. The molecule has 3 aliphatic rings. The van der Waals surface area contributed by atoms with Crippen LogP contribution in [-0.4, -0.2) is 69.9 Å². The summed E-state index contributed by atoms with van der Waals surface area (Å²) in [6, 6.07) is 6.08. The Kier molecular flexibility index (Phi) is 6.35. The third-order valence-electron chi connectivity index (χ3n) is 7.21. The van der Waals surface area contributed by atoms with Gasteiger partial charge in [-0.25, -0.2) is 9.97 Å². The molecule has 2 fully saturated rings. The summed E-state index contributed by atoms with van der Waals surface area (Å²) in [4.78, 5) is 34.0. The molecule has 0 spiro atoms. The van der Waals surface area contributed by atoms with Crippen LogP contribution in [0.5, 0.6) is 0 Å². The van der Waals surface area contributed by atoms with E-state index in [-0.39, 0.29) is 5.91 Å². The maximum Gasteiger partial charge on any atom is 0.236 e. The molecule has 0 radical (unpaired) electrons. The number of fused-ring (bicyclic) bond motifs is 1. The molecule has 1 amide bonds. The van der Waals surface area contributed by atoms with Crippen LogP contribution in [0.1, 0.15) is 60.8 Å². The van der Waals surface area contributed by atoms with Crippen molar-refractivity contribution in [2.45, 2.75) is 57.9 Å². The number of anilines is 1. The van der Waals surface area contributed by atoms with E-state index in [0.29, 0.717) is 12.5 Å². The van der Waals surface area contributed by atoms with E-state index in [9.17, 15) is 4.79 Å². The molecule has 2 aromatic heterocycles. The fourth-order valence-corrected chi connectivity index (χ4v) is 5.35. The molecule has 2 saturated heterocycles. The molecule has 170 valence electrons. The van der Waals surface area contributed by atoms with E-state index >= 15 is 0 Å². The van der Waals surface area contributed by atoms with E-state index < -0.39 is 0 Å². The number of aryl methyl sites for hydroxylation is 1. The Labute approximate surface area is 190 Å². The Balaban J connectivity index is 1.27. The Hall–Kier alpha value is -2.54. The minimum absolute atomic E-state index is 0.287. The highest BCUT2D eigenvalue weighted by atomic mass is 16.2. The van der Waals surface area contributed by atoms with Crippen LogP contribution in [0.2, 0.25) is 0 Å². The van der Waals surface area contributed by atoms with E-state index in [1.165, 1.54) is 18.4 Å². The van der Waals surface area contributed by atoms with Crippen molar-refractivity contribution < 1.29 is 4.79 Å². The fraction of sp³-hybridized carbons (Fsp3) is 0.600. The highest BCUT2D eigenvalue weighted by Crippen LogP contribution is 2.32. The maximum atomic E-state index is 12.7. The number of rotatable bonds is 5. The van der Waals surface area contributed by atoms with Gasteiger partial charge in [-0.1, -0.05) is 6.07 Å². The van der Waals surface area contributed by atoms with Crippen LogP contribution in [0.3, 0.4) is 0 Å². The van der Waals surface area contributed by atoms with E-state index in [1.807, 2.05) is 23.2 Å². The van der Waals surface area contributed by atoms with Crippen LogP contribution in [-0.2, 0) is 17.8 Å². The van der Waals surface area contributed by atoms with Crippen molar-refractivity contribution in [3.63, 3.8) is 0 Å². The maximum absolute atomic E-state index is 12.7. The average Bonchev–Trinajstić information content (AvgIpc) is 3.33. The summed E-state index contributed by atoms with van der Waals surface area (Å²) in [7, 11) is 0. The molecule has 5 rings (SSSR count). The van der Waals surface area contributed by atoms with Crippen molar-refractivity contribution in [3.05, 3.63) is 47.2 Å². The van der Waals surface area contributed by atoms with Crippen LogP contribution in [0.15, 0.2) is 24.4 Å². The summed E-state index contributed by atoms with van der Waals surface area (Å²) in [6.07, 6.45) is 8.37. The number of carbonyl (C=O) groups is 1. The first-order valence-electron chi connectivity index (χ1n) is 12.2. The molecule has 3 aliphatic heterocycles. The van der Waals surface area contributed by atoms with Crippen molar-refractivity contribution in [3.8, 4) is 0 Å². The standard InChI is InChI=1S/C25H34N6O/c1-19-22-8-6-14-31(17-21-7-2-3-11-26-21)25(22)28-24(27-19)20-9-15-30(16-10-20)23(32)18-29-12-4-5-13-29/h2-3,7,11,20H,4-6,8-10,12-18H2,1H3. The Morgan fingerprint density at radius 1 is 1.03 bits per heavy atom. The van der Waals surface area contributed by atoms with Crippen LogP contribution in [0.4, 0.5) is 5.82 Å². The zero-order valence-electron chi connectivity index (χ0n) is 19.2. The normalized spacial score (nSPS) is 19.9. The first-order valence-corrected chi connectivity index (χ1v) is 12.2. The zero-order chi connectivity index (χ0) is 21.9. The molecule has 0 atom stereocenters. The lowest BCUT2D eigenvalue weighted by molar-refractivity contribution is -0.133. The fourth-order valence-electron chi connectivity index (χ4n) is 5.35. The molecule has 0 aromatic carbocycles. The molecule has 2 aromatic rings. The highest BCUT2D eigenvalue weighted by molar-refractivity contribution is 5.78. The van der Waals surface area contributed by atoms with Gasteiger partial charge in [-0.15, -0.1) is 0 Å². The van der Waals surface area contributed by atoms with Gasteiger partial charge in [-0.2, -0.15) is 0 Å². The summed E-state index contributed by atoms with van der Waals surface area (Å²) < 4.78 is 0. The number of amides is 1. The van der Waals surface area contributed by atoms with Gasteiger partial charge < -0.3 is 9.80 Å². The van der Waals surface area contributed by atoms with Crippen molar-refractivity contribution >= 4 is 11.7 Å². The lowest BCUT2D eigenvalue weighted by Crippen LogP contribution is -2.43. The van der Waals surface area contributed by atoms with Gasteiger partial charge in [0, 0.05) is 43.0 Å². The number of pyridine rings is 1. The van der Waals surface area contributed by atoms with Crippen LogP contribution >= 0.6 is 0 Å². The number of hydrogen-bond donors (Lipinski definition) is 0. The lowest BCUT2D eigenvalue weighted by Gasteiger charge is -2.34. The van der Waals surface area contributed by atoms with Crippen LogP contribution < -0.4 is 4.90 Å².